The first-order chi connectivity index (χ1) is 9.95. The molecule has 2 aromatic carbocycles. The smallest absolute Gasteiger partial charge is 0.335 e. The molecule has 108 valence electrons. The number of phenolic OH excluding ortho intramolecular Hbond substituents is 1. The van der Waals surface area contributed by atoms with Gasteiger partial charge in [0.15, 0.2) is 0 Å². The van der Waals surface area contributed by atoms with E-state index in [1.54, 1.807) is 12.1 Å². The normalized spacial score (nSPS) is 10.1. The van der Waals surface area contributed by atoms with Crippen LogP contribution in [0, 0.1) is 0 Å². The molecule has 0 aliphatic heterocycles. The van der Waals surface area contributed by atoms with E-state index >= 15 is 0 Å². The number of anilines is 2. The highest BCUT2D eigenvalue weighted by molar-refractivity contribution is 5.97. The van der Waals surface area contributed by atoms with Crippen molar-refractivity contribution in [3.05, 3.63) is 53.6 Å². The van der Waals surface area contributed by atoms with Crippen LogP contribution in [0.2, 0.25) is 0 Å². The zero-order valence-corrected chi connectivity index (χ0v) is 11.0. The van der Waals surface area contributed by atoms with Crippen molar-refractivity contribution in [3.63, 3.8) is 0 Å². The molecule has 2 aromatic rings. The van der Waals surface area contributed by atoms with E-state index < -0.39 is 5.97 Å². The van der Waals surface area contributed by atoms with E-state index in [-0.39, 0.29) is 29.3 Å². The minimum Gasteiger partial charge on any atom is -0.508 e. The van der Waals surface area contributed by atoms with Crippen molar-refractivity contribution in [2.45, 2.75) is 6.42 Å². The minimum absolute atomic E-state index is 0.0455. The van der Waals surface area contributed by atoms with Gasteiger partial charge in [-0.15, -0.1) is 0 Å². The first kappa shape index (κ1) is 14.4. The van der Waals surface area contributed by atoms with Crippen LogP contribution < -0.4 is 11.1 Å². The van der Waals surface area contributed by atoms with Crippen molar-refractivity contribution in [2.75, 3.05) is 11.1 Å². The summed E-state index contributed by atoms with van der Waals surface area (Å²) in [6.45, 7) is 0. The van der Waals surface area contributed by atoms with Crippen molar-refractivity contribution in [3.8, 4) is 5.75 Å². The molecule has 0 aromatic heterocycles. The number of carboxylic acid groups (broad SMARTS) is 1. The second-order valence-electron chi connectivity index (χ2n) is 4.50. The molecule has 0 bridgehead atoms. The first-order valence-electron chi connectivity index (χ1n) is 6.16. The summed E-state index contributed by atoms with van der Waals surface area (Å²) in [5.41, 5.74) is 7.03. The Kier molecular flexibility index (Phi) is 4.08. The molecule has 0 heterocycles. The van der Waals surface area contributed by atoms with Crippen LogP contribution in [0.4, 0.5) is 11.4 Å². The van der Waals surface area contributed by atoms with E-state index in [1.165, 1.54) is 30.3 Å². The van der Waals surface area contributed by atoms with E-state index in [0.717, 1.165) is 5.56 Å². The number of aromatic hydroxyl groups is 1. The van der Waals surface area contributed by atoms with Gasteiger partial charge in [-0.2, -0.15) is 0 Å². The molecule has 0 aliphatic rings. The van der Waals surface area contributed by atoms with E-state index in [1.807, 2.05) is 0 Å². The van der Waals surface area contributed by atoms with Crippen LogP contribution in [0.3, 0.4) is 0 Å². The largest absolute Gasteiger partial charge is 0.508 e. The summed E-state index contributed by atoms with van der Waals surface area (Å²) in [5, 5.41) is 20.7. The van der Waals surface area contributed by atoms with Crippen LogP contribution in [-0.4, -0.2) is 22.1 Å². The average molecular weight is 286 g/mol. The van der Waals surface area contributed by atoms with Crippen LogP contribution >= 0.6 is 0 Å². The monoisotopic (exact) mass is 286 g/mol. The molecule has 0 saturated heterocycles. The predicted octanol–water partition coefficient (Wildman–Crippen LogP) is 1.85. The molecular formula is C15H14N2O4. The topological polar surface area (TPSA) is 113 Å². The molecule has 0 radical (unpaired) electrons. The predicted molar refractivity (Wildman–Crippen MR) is 78.3 cm³/mol. The van der Waals surface area contributed by atoms with Crippen molar-refractivity contribution in [1.82, 2.24) is 0 Å². The Balaban J connectivity index is 2.10. The molecule has 6 heteroatoms. The standard InChI is InChI=1S/C15H14N2O4/c16-12-6-3-10(15(20)21)8-13(12)17-14(19)7-9-1-4-11(18)5-2-9/h1-6,8,18H,7,16H2,(H,17,19)(H,20,21). The SMILES string of the molecule is Nc1ccc(C(=O)O)cc1NC(=O)Cc1ccc(O)cc1. The third kappa shape index (κ3) is 3.73. The molecule has 0 unspecified atom stereocenters. The third-order valence-corrected chi connectivity index (χ3v) is 2.88. The number of phenols is 1. The molecule has 0 atom stereocenters. The number of rotatable bonds is 4. The lowest BCUT2D eigenvalue weighted by atomic mass is 10.1. The van der Waals surface area contributed by atoms with Gasteiger partial charge in [0.05, 0.1) is 23.4 Å². The third-order valence-electron chi connectivity index (χ3n) is 2.88. The maximum atomic E-state index is 11.9. The number of aromatic carboxylic acids is 1. The highest BCUT2D eigenvalue weighted by Crippen LogP contribution is 2.20. The highest BCUT2D eigenvalue weighted by atomic mass is 16.4. The molecule has 1 amide bonds. The first-order valence-corrected chi connectivity index (χ1v) is 6.16. The molecular weight excluding hydrogens is 272 g/mol. The fraction of sp³-hybridized carbons (Fsp3) is 0.0667. The summed E-state index contributed by atoms with van der Waals surface area (Å²) in [6, 6.07) is 10.3. The van der Waals surface area contributed by atoms with Gasteiger partial charge in [0.1, 0.15) is 5.75 Å². The highest BCUT2D eigenvalue weighted by Gasteiger charge is 2.10. The fourth-order valence-electron chi connectivity index (χ4n) is 1.79. The number of carboxylic acids is 1. The number of nitrogens with one attached hydrogen (secondary N) is 1. The van der Waals surface area contributed by atoms with E-state index in [2.05, 4.69) is 5.32 Å². The number of hydrogen-bond acceptors (Lipinski definition) is 4. The lowest BCUT2D eigenvalue weighted by Crippen LogP contribution is -2.16. The maximum Gasteiger partial charge on any atom is 0.335 e. The second kappa shape index (κ2) is 5.96. The Morgan fingerprint density at radius 2 is 1.76 bits per heavy atom. The molecule has 0 spiro atoms. The van der Waals surface area contributed by atoms with Crippen molar-refractivity contribution in [1.29, 1.82) is 0 Å². The summed E-state index contributed by atoms with van der Waals surface area (Å²) in [4.78, 5) is 22.8. The summed E-state index contributed by atoms with van der Waals surface area (Å²) in [6.07, 6.45) is 0.0943. The molecule has 0 aliphatic carbocycles. The number of nitrogen functional groups attached to an aromatic ring is 1. The Bertz CT molecular complexity index is 681. The quantitative estimate of drug-likeness (QED) is 0.641. The second-order valence-corrected chi connectivity index (χ2v) is 4.50. The van der Waals surface area contributed by atoms with Gasteiger partial charge >= 0.3 is 5.97 Å². The van der Waals surface area contributed by atoms with Gasteiger partial charge in [-0.05, 0) is 35.9 Å². The average Bonchev–Trinajstić information content (AvgIpc) is 2.43. The lowest BCUT2D eigenvalue weighted by molar-refractivity contribution is -0.115. The summed E-state index contributed by atoms with van der Waals surface area (Å²) < 4.78 is 0. The van der Waals surface area contributed by atoms with Gasteiger partial charge in [-0.25, -0.2) is 4.79 Å². The zero-order chi connectivity index (χ0) is 15.4. The van der Waals surface area contributed by atoms with Gasteiger partial charge in [-0.1, -0.05) is 12.1 Å². The van der Waals surface area contributed by atoms with Crippen LogP contribution in [0.1, 0.15) is 15.9 Å². The minimum atomic E-state index is -1.09. The number of amides is 1. The Morgan fingerprint density at radius 3 is 2.38 bits per heavy atom. The molecule has 0 fully saturated rings. The van der Waals surface area contributed by atoms with Crippen LogP contribution in [0.5, 0.6) is 5.75 Å². The summed E-state index contributed by atoms with van der Waals surface area (Å²) >= 11 is 0. The fourth-order valence-corrected chi connectivity index (χ4v) is 1.79. The molecule has 2 rings (SSSR count). The van der Waals surface area contributed by atoms with E-state index in [0.29, 0.717) is 5.69 Å². The zero-order valence-electron chi connectivity index (χ0n) is 11.0. The van der Waals surface area contributed by atoms with Gasteiger partial charge < -0.3 is 21.3 Å². The number of carbonyl (C=O) groups is 2. The van der Waals surface area contributed by atoms with Crippen LogP contribution in [0.15, 0.2) is 42.5 Å². The van der Waals surface area contributed by atoms with Crippen molar-refractivity contribution < 1.29 is 19.8 Å². The molecule has 21 heavy (non-hydrogen) atoms. The van der Waals surface area contributed by atoms with E-state index in [4.69, 9.17) is 10.8 Å². The number of hydrogen-bond donors (Lipinski definition) is 4. The van der Waals surface area contributed by atoms with E-state index in [9.17, 15) is 14.7 Å². The Morgan fingerprint density at radius 1 is 1.10 bits per heavy atom. The molecule has 6 nitrogen and oxygen atoms in total. The number of nitrogens with two attached hydrogens (primary N) is 1. The van der Waals surface area contributed by atoms with Gasteiger partial charge in [0.2, 0.25) is 5.91 Å². The van der Waals surface area contributed by atoms with Crippen molar-refractivity contribution in [2.24, 2.45) is 0 Å². The van der Waals surface area contributed by atoms with Gasteiger partial charge in [0.25, 0.3) is 0 Å². The molecule has 0 saturated carbocycles. The Hall–Kier alpha value is -3.02. The van der Waals surface area contributed by atoms with Gasteiger partial charge in [-0.3, -0.25) is 4.79 Å². The lowest BCUT2D eigenvalue weighted by Gasteiger charge is -2.09. The number of benzene rings is 2. The van der Waals surface area contributed by atoms with Crippen LogP contribution in [0.25, 0.3) is 0 Å². The van der Waals surface area contributed by atoms with Crippen LogP contribution in [-0.2, 0) is 11.2 Å². The summed E-state index contributed by atoms with van der Waals surface area (Å²) in [7, 11) is 0. The maximum absolute atomic E-state index is 11.9. The molecule has 5 N–H and O–H groups in total. The number of carbonyl (C=O) groups excluding carboxylic acids is 1. The van der Waals surface area contributed by atoms with Crippen molar-refractivity contribution >= 4 is 23.3 Å². The van der Waals surface area contributed by atoms with Gasteiger partial charge in [0, 0.05) is 0 Å². The Labute approximate surface area is 120 Å². The summed E-state index contributed by atoms with van der Waals surface area (Å²) in [5.74, 6) is -1.29.